The maximum absolute atomic E-state index is 12.3. The summed E-state index contributed by atoms with van der Waals surface area (Å²) in [5.41, 5.74) is 4.78. The first-order chi connectivity index (χ1) is 17.0. The second-order valence-electron chi connectivity index (χ2n) is 7.14. The highest BCUT2D eigenvalue weighted by Crippen LogP contribution is 2.28. The third-order valence-corrected chi connectivity index (χ3v) is 5.76. The Bertz CT molecular complexity index is 1340. The summed E-state index contributed by atoms with van der Waals surface area (Å²) < 4.78 is 7.12. The van der Waals surface area contributed by atoms with Crippen molar-refractivity contribution in [2.45, 2.75) is 5.16 Å². The molecule has 0 atom stereocenters. The van der Waals surface area contributed by atoms with Crippen LogP contribution in [0.1, 0.15) is 5.56 Å². The normalized spacial score (nSPS) is 10.9. The summed E-state index contributed by atoms with van der Waals surface area (Å²) in [5.74, 6) is 1.10. The van der Waals surface area contributed by atoms with Crippen LogP contribution >= 0.6 is 11.8 Å². The molecule has 1 heterocycles. The summed E-state index contributed by atoms with van der Waals surface area (Å²) in [5, 5.41) is 23.9. The number of rotatable bonds is 9. The number of hydrazone groups is 1. The minimum Gasteiger partial charge on any atom is -0.497 e. The SMILES string of the molecule is COc1ccc(-c2nnc(SCC(=O)N/N=C/c3ccc([N+](=O)[O-])cc3)n2-c2ccccc2)cc1. The fourth-order valence-corrected chi connectivity index (χ4v) is 3.87. The van der Waals surface area contributed by atoms with Gasteiger partial charge in [-0.2, -0.15) is 5.10 Å². The van der Waals surface area contributed by atoms with E-state index in [0.717, 1.165) is 17.0 Å². The molecule has 176 valence electrons. The molecule has 0 aliphatic carbocycles. The van der Waals surface area contributed by atoms with Gasteiger partial charge >= 0.3 is 0 Å². The van der Waals surface area contributed by atoms with Crippen molar-refractivity contribution in [3.05, 3.63) is 94.5 Å². The van der Waals surface area contributed by atoms with Crippen LogP contribution in [0.5, 0.6) is 5.75 Å². The highest BCUT2D eigenvalue weighted by atomic mass is 32.2. The third kappa shape index (κ3) is 5.89. The summed E-state index contributed by atoms with van der Waals surface area (Å²) in [7, 11) is 1.61. The number of methoxy groups -OCH3 is 1. The highest BCUT2D eigenvalue weighted by Gasteiger charge is 2.17. The predicted molar refractivity (Wildman–Crippen MR) is 133 cm³/mol. The van der Waals surface area contributed by atoms with E-state index in [-0.39, 0.29) is 17.3 Å². The summed E-state index contributed by atoms with van der Waals surface area (Å²) in [6.07, 6.45) is 1.42. The zero-order valence-corrected chi connectivity index (χ0v) is 19.4. The minimum absolute atomic E-state index is 0.0147. The molecule has 10 nitrogen and oxygen atoms in total. The van der Waals surface area contributed by atoms with Crippen LogP contribution in [0, 0.1) is 10.1 Å². The van der Waals surface area contributed by atoms with E-state index in [9.17, 15) is 14.9 Å². The van der Waals surface area contributed by atoms with Crippen molar-refractivity contribution in [2.24, 2.45) is 5.10 Å². The lowest BCUT2D eigenvalue weighted by molar-refractivity contribution is -0.384. The molecule has 35 heavy (non-hydrogen) atoms. The molecule has 0 bridgehead atoms. The molecule has 0 spiro atoms. The van der Waals surface area contributed by atoms with Gasteiger partial charge in [-0.05, 0) is 54.1 Å². The number of non-ortho nitro benzene ring substituents is 1. The van der Waals surface area contributed by atoms with Gasteiger partial charge in [0.05, 0.1) is 24.0 Å². The number of ether oxygens (including phenoxy) is 1. The number of para-hydroxylation sites is 1. The summed E-state index contributed by atoms with van der Waals surface area (Å²) in [4.78, 5) is 22.6. The van der Waals surface area contributed by atoms with Crippen molar-refractivity contribution in [3.63, 3.8) is 0 Å². The zero-order chi connectivity index (χ0) is 24.6. The lowest BCUT2D eigenvalue weighted by atomic mass is 10.2. The van der Waals surface area contributed by atoms with Gasteiger partial charge in [0.25, 0.3) is 11.6 Å². The van der Waals surface area contributed by atoms with Gasteiger partial charge in [0, 0.05) is 23.4 Å². The first-order valence-corrected chi connectivity index (χ1v) is 11.4. The Morgan fingerprint density at radius 1 is 1.09 bits per heavy atom. The van der Waals surface area contributed by atoms with Crippen LogP contribution < -0.4 is 10.2 Å². The number of carbonyl (C=O) groups is 1. The molecule has 1 N–H and O–H groups in total. The molecular weight excluding hydrogens is 468 g/mol. The van der Waals surface area contributed by atoms with Crippen LogP contribution in [-0.4, -0.2) is 44.7 Å². The summed E-state index contributed by atoms with van der Waals surface area (Å²) in [6.45, 7) is 0. The molecular formula is C24H20N6O4S. The number of hydrogen-bond donors (Lipinski definition) is 1. The molecule has 4 aromatic rings. The Morgan fingerprint density at radius 3 is 2.46 bits per heavy atom. The number of amides is 1. The van der Waals surface area contributed by atoms with Crippen LogP contribution in [0.3, 0.4) is 0 Å². The molecule has 0 fully saturated rings. The van der Waals surface area contributed by atoms with Crippen molar-refractivity contribution in [2.75, 3.05) is 12.9 Å². The Kier molecular flexibility index (Phi) is 7.48. The number of aromatic nitrogens is 3. The average molecular weight is 489 g/mol. The molecule has 0 saturated heterocycles. The van der Waals surface area contributed by atoms with Gasteiger partial charge in [-0.25, -0.2) is 5.43 Å². The fourth-order valence-electron chi connectivity index (χ4n) is 3.12. The van der Waals surface area contributed by atoms with E-state index in [4.69, 9.17) is 4.74 Å². The zero-order valence-electron chi connectivity index (χ0n) is 18.6. The summed E-state index contributed by atoms with van der Waals surface area (Å²) in [6, 6.07) is 23.0. The van der Waals surface area contributed by atoms with Crippen molar-refractivity contribution >= 4 is 29.6 Å². The van der Waals surface area contributed by atoms with Gasteiger partial charge in [-0.3, -0.25) is 19.5 Å². The summed E-state index contributed by atoms with van der Waals surface area (Å²) >= 11 is 1.23. The van der Waals surface area contributed by atoms with E-state index >= 15 is 0 Å². The van der Waals surface area contributed by atoms with E-state index in [1.54, 1.807) is 19.2 Å². The number of hydrogen-bond acceptors (Lipinski definition) is 8. The molecule has 3 aromatic carbocycles. The van der Waals surface area contributed by atoms with Gasteiger partial charge in [0.2, 0.25) is 0 Å². The number of benzene rings is 3. The third-order valence-electron chi connectivity index (χ3n) is 4.84. The Morgan fingerprint density at radius 2 is 1.80 bits per heavy atom. The maximum atomic E-state index is 12.3. The number of nitro benzene ring substituents is 1. The maximum Gasteiger partial charge on any atom is 0.269 e. The van der Waals surface area contributed by atoms with Gasteiger partial charge in [-0.1, -0.05) is 30.0 Å². The molecule has 1 aromatic heterocycles. The molecule has 0 aliphatic rings. The number of nitrogens with one attached hydrogen (secondary N) is 1. The van der Waals surface area contributed by atoms with Gasteiger partial charge in [-0.15, -0.1) is 10.2 Å². The number of nitrogens with zero attached hydrogens (tertiary/aromatic N) is 5. The van der Waals surface area contributed by atoms with E-state index < -0.39 is 4.92 Å². The van der Waals surface area contributed by atoms with Crippen LogP contribution in [0.25, 0.3) is 17.1 Å². The second kappa shape index (κ2) is 11.1. The van der Waals surface area contributed by atoms with E-state index in [1.807, 2.05) is 59.2 Å². The number of nitro groups is 1. The topological polar surface area (TPSA) is 125 Å². The molecule has 11 heteroatoms. The predicted octanol–water partition coefficient (Wildman–Crippen LogP) is 4.09. The van der Waals surface area contributed by atoms with Crippen LogP contribution in [0.2, 0.25) is 0 Å². The van der Waals surface area contributed by atoms with E-state index in [1.165, 1.54) is 30.1 Å². The first kappa shape index (κ1) is 23.6. The number of thioether (sulfide) groups is 1. The van der Waals surface area contributed by atoms with Crippen LogP contribution in [0.15, 0.2) is 89.1 Å². The Hall–Kier alpha value is -4.51. The molecule has 0 unspecified atom stereocenters. The van der Waals surface area contributed by atoms with Gasteiger partial charge in [0.15, 0.2) is 11.0 Å². The molecule has 0 radical (unpaired) electrons. The van der Waals surface area contributed by atoms with E-state index in [2.05, 4.69) is 20.7 Å². The minimum atomic E-state index is -0.478. The van der Waals surface area contributed by atoms with Crippen molar-refractivity contribution in [1.82, 2.24) is 20.2 Å². The van der Waals surface area contributed by atoms with E-state index in [0.29, 0.717) is 16.5 Å². The second-order valence-corrected chi connectivity index (χ2v) is 8.08. The van der Waals surface area contributed by atoms with Crippen LogP contribution in [-0.2, 0) is 4.79 Å². The molecule has 0 aliphatic heterocycles. The van der Waals surface area contributed by atoms with Crippen molar-refractivity contribution in [3.8, 4) is 22.8 Å². The fraction of sp³-hybridized carbons (Fsp3) is 0.0833. The van der Waals surface area contributed by atoms with Gasteiger partial charge < -0.3 is 4.74 Å². The Labute approximate surface area is 204 Å². The monoisotopic (exact) mass is 488 g/mol. The smallest absolute Gasteiger partial charge is 0.269 e. The van der Waals surface area contributed by atoms with Crippen molar-refractivity contribution < 1.29 is 14.5 Å². The number of carbonyl (C=O) groups excluding carboxylic acids is 1. The lowest BCUT2D eigenvalue weighted by Gasteiger charge is -2.10. The standard InChI is InChI=1S/C24H20N6O4S/c1-34-21-13-9-18(10-14-21)23-27-28-24(29(23)19-5-3-2-4-6-19)35-16-22(31)26-25-15-17-7-11-20(12-8-17)30(32)33/h2-15H,16H2,1H3,(H,26,31)/b25-15+. The van der Waals surface area contributed by atoms with Crippen molar-refractivity contribution in [1.29, 1.82) is 0 Å². The Balaban J connectivity index is 1.46. The lowest BCUT2D eigenvalue weighted by Crippen LogP contribution is -2.20. The van der Waals surface area contributed by atoms with Gasteiger partial charge in [0.1, 0.15) is 5.75 Å². The largest absolute Gasteiger partial charge is 0.497 e. The quantitative estimate of drug-likeness (QED) is 0.163. The van der Waals surface area contributed by atoms with Crippen LogP contribution in [0.4, 0.5) is 5.69 Å². The first-order valence-electron chi connectivity index (χ1n) is 10.4. The molecule has 4 rings (SSSR count). The molecule has 1 amide bonds. The average Bonchev–Trinajstić information content (AvgIpc) is 3.32. The highest BCUT2D eigenvalue weighted by molar-refractivity contribution is 7.99. The molecule has 0 saturated carbocycles.